The van der Waals surface area contributed by atoms with Gasteiger partial charge < -0.3 is 9.47 Å². The summed E-state index contributed by atoms with van der Waals surface area (Å²) in [7, 11) is 1.62. The average molecular weight is 248 g/mol. The van der Waals surface area contributed by atoms with Crippen LogP contribution in [0, 0.1) is 0 Å². The molecule has 2 rings (SSSR count). The molecule has 0 aromatic heterocycles. The number of Topliss-reactive ketones (excluding diaryl/α,β-unsaturated/α-hetero) is 1. The number of rotatable bonds is 5. The monoisotopic (exact) mass is 248 g/mol. The van der Waals surface area contributed by atoms with Crippen LogP contribution in [0.4, 0.5) is 0 Å². The highest BCUT2D eigenvalue weighted by atomic mass is 16.5. The smallest absolute Gasteiger partial charge is 0.162 e. The fourth-order valence-electron chi connectivity index (χ4n) is 2.33. The molecule has 18 heavy (non-hydrogen) atoms. The van der Waals surface area contributed by atoms with Crippen LogP contribution in [0.25, 0.3) is 0 Å². The molecule has 0 saturated heterocycles. The van der Waals surface area contributed by atoms with E-state index in [1.54, 1.807) is 13.2 Å². The standard InChI is InChI=1S/C15H20O3/c1-3-13(16)11-8-9-14(17-2)15(10-11)18-12-6-4-5-7-12/h8-10,12H,3-7H2,1-2H3. The van der Waals surface area contributed by atoms with Crippen LogP contribution in [0.2, 0.25) is 0 Å². The zero-order valence-corrected chi connectivity index (χ0v) is 11.1. The molecule has 1 fully saturated rings. The Morgan fingerprint density at radius 3 is 2.61 bits per heavy atom. The van der Waals surface area contributed by atoms with Crippen LogP contribution in [-0.2, 0) is 0 Å². The molecule has 1 aromatic rings. The number of methoxy groups -OCH3 is 1. The summed E-state index contributed by atoms with van der Waals surface area (Å²) >= 11 is 0. The van der Waals surface area contributed by atoms with Gasteiger partial charge in [-0.05, 0) is 43.9 Å². The predicted molar refractivity (Wildman–Crippen MR) is 70.5 cm³/mol. The van der Waals surface area contributed by atoms with Crippen molar-refractivity contribution < 1.29 is 14.3 Å². The topological polar surface area (TPSA) is 35.5 Å². The maximum absolute atomic E-state index is 11.7. The van der Waals surface area contributed by atoms with Crippen molar-refractivity contribution in [1.82, 2.24) is 0 Å². The number of carbonyl (C=O) groups excluding carboxylic acids is 1. The molecule has 1 aliphatic rings. The SMILES string of the molecule is CCC(=O)c1ccc(OC)c(OC2CCCC2)c1. The maximum atomic E-state index is 11.7. The Morgan fingerprint density at radius 2 is 2.00 bits per heavy atom. The molecule has 0 aliphatic heterocycles. The van der Waals surface area contributed by atoms with Crippen LogP contribution < -0.4 is 9.47 Å². The Hall–Kier alpha value is -1.51. The van der Waals surface area contributed by atoms with Gasteiger partial charge in [-0.15, -0.1) is 0 Å². The molecule has 0 N–H and O–H groups in total. The Morgan fingerprint density at radius 1 is 1.28 bits per heavy atom. The van der Waals surface area contributed by atoms with E-state index in [0.29, 0.717) is 23.5 Å². The van der Waals surface area contributed by atoms with E-state index in [1.165, 1.54) is 12.8 Å². The van der Waals surface area contributed by atoms with Crippen molar-refractivity contribution in [2.24, 2.45) is 0 Å². The molecular weight excluding hydrogens is 228 g/mol. The molecule has 1 aromatic carbocycles. The molecule has 0 atom stereocenters. The minimum absolute atomic E-state index is 0.133. The summed E-state index contributed by atoms with van der Waals surface area (Å²) < 4.78 is 11.2. The number of carbonyl (C=O) groups is 1. The highest BCUT2D eigenvalue weighted by Crippen LogP contribution is 2.32. The molecule has 0 amide bonds. The van der Waals surface area contributed by atoms with Gasteiger partial charge in [-0.2, -0.15) is 0 Å². The molecule has 0 spiro atoms. The van der Waals surface area contributed by atoms with Gasteiger partial charge in [-0.25, -0.2) is 0 Å². The van der Waals surface area contributed by atoms with Gasteiger partial charge in [0.2, 0.25) is 0 Å². The lowest BCUT2D eigenvalue weighted by atomic mass is 10.1. The Kier molecular flexibility index (Phi) is 4.24. The van der Waals surface area contributed by atoms with Gasteiger partial charge in [0.25, 0.3) is 0 Å². The fraction of sp³-hybridized carbons (Fsp3) is 0.533. The first-order chi connectivity index (χ1) is 8.74. The molecule has 98 valence electrons. The molecule has 0 bridgehead atoms. The highest BCUT2D eigenvalue weighted by Gasteiger charge is 2.19. The van der Waals surface area contributed by atoms with Crippen molar-refractivity contribution in [3.05, 3.63) is 23.8 Å². The van der Waals surface area contributed by atoms with Crippen molar-refractivity contribution >= 4 is 5.78 Å². The summed E-state index contributed by atoms with van der Waals surface area (Å²) in [6.45, 7) is 1.87. The molecule has 0 unspecified atom stereocenters. The number of hydrogen-bond acceptors (Lipinski definition) is 3. The van der Waals surface area contributed by atoms with Crippen LogP contribution in [0.1, 0.15) is 49.4 Å². The average Bonchev–Trinajstić information content (AvgIpc) is 2.90. The van der Waals surface area contributed by atoms with E-state index in [9.17, 15) is 4.79 Å². The van der Waals surface area contributed by atoms with E-state index in [2.05, 4.69) is 0 Å². The van der Waals surface area contributed by atoms with E-state index in [1.807, 2.05) is 19.1 Å². The summed E-state index contributed by atoms with van der Waals surface area (Å²) in [5.41, 5.74) is 0.700. The lowest BCUT2D eigenvalue weighted by molar-refractivity contribution is 0.0987. The van der Waals surface area contributed by atoms with Crippen LogP contribution in [0.15, 0.2) is 18.2 Å². The van der Waals surface area contributed by atoms with Crippen LogP contribution in [0.3, 0.4) is 0 Å². The minimum Gasteiger partial charge on any atom is -0.493 e. The number of ketones is 1. The minimum atomic E-state index is 0.133. The zero-order valence-electron chi connectivity index (χ0n) is 11.1. The van der Waals surface area contributed by atoms with Gasteiger partial charge in [0, 0.05) is 12.0 Å². The quantitative estimate of drug-likeness (QED) is 0.747. The lowest BCUT2D eigenvalue weighted by Crippen LogP contribution is -2.12. The third-order valence-electron chi connectivity index (χ3n) is 3.40. The Bertz CT molecular complexity index is 420. The van der Waals surface area contributed by atoms with Crippen molar-refractivity contribution in [1.29, 1.82) is 0 Å². The Labute approximate surface area is 108 Å². The second-order valence-corrected chi connectivity index (χ2v) is 4.67. The summed E-state index contributed by atoms with van der Waals surface area (Å²) in [5.74, 6) is 1.53. The highest BCUT2D eigenvalue weighted by molar-refractivity contribution is 5.96. The molecular formula is C15H20O3. The van der Waals surface area contributed by atoms with Crippen LogP contribution in [0.5, 0.6) is 11.5 Å². The van der Waals surface area contributed by atoms with E-state index in [4.69, 9.17) is 9.47 Å². The fourth-order valence-corrected chi connectivity index (χ4v) is 2.33. The summed E-state index contributed by atoms with van der Waals surface area (Å²) in [5, 5.41) is 0. The summed E-state index contributed by atoms with van der Waals surface area (Å²) in [6.07, 6.45) is 5.41. The summed E-state index contributed by atoms with van der Waals surface area (Å²) in [4.78, 5) is 11.7. The van der Waals surface area contributed by atoms with E-state index < -0.39 is 0 Å². The second-order valence-electron chi connectivity index (χ2n) is 4.67. The largest absolute Gasteiger partial charge is 0.493 e. The molecule has 3 heteroatoms. The summed E-state index contributed by atoms with van der Waals surface area (Å²) in [6, 6.07) is 5.42. The zero-order chi connectivity index (χ0) is 13.0. The first kappa shape index (κ1) is 12.9. The van der Waals surface area contributed by atoms with E-state index >= 15 is 0 Å². The van der Waals surface area contributed by atoms with Crippen LogP contribution >= 0.6 is 0 Å². The molecule has 0 heterocycles. The van der Waals surface area contributed by atoms with Gasteiger partial charge in [-0.3, -0.25) is 4.79 Å². The van der Waals surface area contributed by atoms with Gasteiger partial charge in [0.15, 0.2) is 17.3 Å². The van der Waals surface area contributed by atoms with Crippen molar-refractivity contribution in [3.63, 3.8) is 0 Å². The maximum Gasteiger partial charge on any atom is 0.162 e. The van der Waals surface area contributed by atoms with Crippen molar-refractivity contribution in [2.45, 2.75) is 45.1 Å². The number of benzene rings is 1. The first-order valence-corrected chi connectivity index (χ1v) is 6.62. The van der Waals surface area contributed by atoms with Gasteiger partial charge in [-0.1, -0.05) is 6.92 Å². The van der Waals surface area contributed by atoms with Crippen molar-refractivity contribution in [2.75, 3.05) is 7.11 Å². The molecule has 0 radical (unpaired) electrons. The van der Waals surface area contributed by atoms with Crippen molar-refractivity contribution in [3.8, 4) is 11.5 Å². The second kappa shape index (κ2) is 5.89. The van der Waals surface area contributed by atoms with Gasteiger partial charge >= 0.3 is 0 Å². The predicted octanol–water partition coefficient (Wildman–Crippen LogP) is 3.61. The van der Waals surface area contributed by atoms with Gasteiger partial charge in [0.05, 0.1) is 13.2 Å². The third-order valence-corrected chi connectivity index (χ3v) is 3.40. The first-order valence-electron chi connectivity index (χ1n) is 6.62. The third kappa shape index (κ3) is 2.84. The van der Waals surface area contributed by atoms with E-state index in [0.717, 1.165) is 12.8 Å². The lowest BCUT2D eigenvalue weighted by Gasteiger charge is -2.16. The normalized spacial score (nSPS) is 15.7. The molecule has 3 nitrogen and oxygen atoms in total. The van der Waals surface area contributed by atoms with Crippen LogP contribution in [-0.4, -0.2) is 19.0 Å². The molecule has 1 aliphatic carbocycles. The number of ether oxygens (including phenoxy) is 2. The van der Waals surface area contributed by atoms with E-state index in [-0.39, 0.29) is 11.9 Å². The number of hydrogen-bond donors (Lipinski definition) is 0. The molecule has 1 saturated carbocycles. The van der Waals surface area contributed by atoms with Gasteiger partial charge in [0.1, 0.15) is 0 Å². The Balaban J connectivity index is 2.21.